The van der Waals surface area contributed by atoms with Crippen molar-refractivity contribution in [1.82, 2.24) is 10.0 Å². The van der Waals surface area contributed by atoms with Gasteiger partial charge in [0.1, 0.15) is 0 Å². The first-order chi connectivity index (χ1) is 7.87. The van der Waals surface area contributed by atoms with Crippen LogP contribution in [0.25, 0.3) is 0 Å². The standard InChI is InChI=1S/C10H20N2O4S/c1-10(4-3-5-11-7-10)8-12-17(14,15)6-9(13)16-2/h11-12H,3-8H2,1-2H3. The van der Waals surface area contributed by atoms with Crippen LogP contribution in [0.3, 0.4) is 0 Å². The highest BCUT2D eigenvalue weighted by Crippen LogP contribution is 2.24. The SMILES string of the molecule is COC(=O)CS(=O)(=O)NCC1(C)CCCNC1. The fourth-order valence-corrected chi connectivity index (χ4v) is 2.92. The largest absolute Gasteiger partial charge is 0.468 e. The Morgan fingerprint density at radius 1 is 1.53 bits per heavy atom. The van der Waals surface area contributed by atoms with Crippen LogP contribution in [-0.2, 0) is 19.6 Å². The Kier molecular flexibility index (Phi) is 4.91. The average Bonchev–Trinajstić information content (AvgIpc) is 2.27. The van der Waals surface area contributed by atoms with E-state index in [0.29, 0.717) is 6.54 Å². The van der Waals surface area contributed by atoms with Crippen LogP contribution in [0.2, 0.25) is 0 Å². The molecule has 0 radical (unpaired) electrons. The Bertz CT molecular complexity index is 361. The van der Waals surface area contributed by atoms with E-state index < -0.39 is 21.7 Å². The lowest BCUT2D eigenvalue weighted by Gasteiger charge is -2.34. The highest BCUT2D eigenvalue weighted by molar-refractivity contribution is 7.90. The van der Waals surface area contributed by atoms with Gasteiger partial charge in [0.15, 0.2) is 5.75 Å². The lowest BCUT2D eigenvalue weighted by atomic mass is 9.83. The Morgan fingerprint density at radius 3 is 2.76 bits per heavy atom. The van der Waals surface area contributed by atoms with Crippen LogP contribution < -0.4 is 10.0 Å². The minimum absolute atomic E-state index is 0.0819. The van der Waals surface area contributed by atoms with Gasteiger partial charge in [0, 0.05) is 13.1 Å². The number of carbonyl (C=O) groups is 1. The topological polar surface area (TPSA) is 84.5 Å². The molecule has 17 heavy (non-hydrogen) atoms. The molecule has 1 heterocycles. The van der Waals surface area contributed by atoms with Crippen molar-refractivity contribution < 1.29 is 17.9 Å². The van der Waals surface area contributed by atoms with Gasteiger partial charge in [0.05, 0.1) is 7.11 Å². The van der Waals surface area contributed by atoms with Crippen molar-refractivity contribution >= 4 is 16.0 Å². The van der Waals surface area contributed by atoms with Crippen LogP contribution >= 0.6 is 0 Å². The van der Waals surface area contributed by atoms with E-state index >= 15 is 0 Å². The van der Waals surface area contributed by atoms with Gasteiger partial charge in [-0.2, -0.15) is 0 Å². The van der Waals surface area contributed by atoms with Gasteiger partial charge in [-0.1, -0.05) is 6.92 Å². The summed E-state index contributed by atoms with van der Waals surface area (Å²) >= 11 is 0. The smallest absolute Gasteiger partial charge is 0.322 e. The van der Waals surface area contributed by atoms with Crippen LogP contribution in [0, 0.1) is 5.41 Å². The molecule has 0 amide bonds. The molecule has 100 valence electrons. The summed E-state index contributed by atoms with van der Waals surface area (Å²) in [5.41, 5.74) is -0.0819. The quantitative estimate of drug-likeness (QED) is 0.652. The first-order valence-electron chi connectivity index (χ1n) is 5.62. The van der Waals surface area contributed by atoms with Crippen molar-refractivity contribution in [3.63, 3.8) is 0 Å². The van der Waals surface area contributed by atoms with Crippen molar-refractivity contribution in [2.24, 2.45) is 5.41 Å². The Labute approximate surface area is 102 Å². The van der Waals surface area contributed by atoms with E-state index in [4.69, 9.17) is 0 Å². The summed E-state index contributed by atoms with van der Waals surface area (Å²) in [6, 6.07) is 0. The molecule has 1 unspecified atom stereocenters. The maximum atomic E-state index is 11.6. The van der Waals surface area contributed by atoms with E-state index in [1.807, 2.05) is 6.92 Å². The maximum absolute atomic E-state index is 11.6. The molecule has 6 nitrogen and oxygen atoms in total. The number of methoxy groups -OCH3 is 1. The summed E-state index contributed by atoms with van der Waals surface area (Å²) < 4.78 is 29.9. The predicted molar refractivity (Wildman–Crippen MR) is 64.0 cm³/mol. The second-order valence-electron chi connectivity index (χ2n) is 4.75. The molecule has 1 rings (SSSR count). The summed E-state index contributed by atoms with van der Waals surface area (Å²) in [6.07, 6.45) is 2.01. The first kappa shape index (κ1) is 14.4. The third-order valence-corrected chi connectivity index (χ3v) is 4.14. The molecule has 2 N–H and O–H groups in total. The lowest BCUT2D eigenvalue weighted by molar-refractivity contribution is -0.137. The van der Waals surface area contributed by atoms with E-state index in [1.54, 1.807) is 0 Å². The zero-order valence-electron chi connectivity index (χ0n) is 10.3. The molecular weight excluding hydrogens is 244 g/mol. The number of piperidine rings is 1. The summed E-state index contributed by atoms with van der Waals surface area (Å²) in [6.45, 7) is 4.14. The fourth-order valence-electron chi connectivity index (χ4n) is 1.82. The van der Waals surface area contributed by atoms with E-state index in [1.165, 1.54) is 7.11 Å². The second kappa shape index (κ2) is 5.79. The Hall–Kier alpha value is -0.660. The van der Waals surface area contributed by atoms with Crippen LogP contribution in [0.1, 0.15) is 19.8 Å². The van der Waals surface area contributed by atoms with Gasteiger partial charge in [-0.25, -0.2) is 13.1 Å². The monoisotopic (exact) mass is 264 g/mol. The lowest BCUT2D eigenvalue weighted by Crippen LogP contribution is -2.46. The van der Waals surface area contributed by atoms with Crippen LogP contribution in [-0.4, -0.2) is 46.9 Å². The van der Waals surface area contributed by atoms with Gasteiger partial charge in [0.25, 0.3) is 0 Å². The van der Waals surface area contributed by atoms with Crippen molar-refractivity contribution in [2.45, 2.75) is 19.8 Å². The molecule has 0 aromatic heterocycles. The van der Waals surface area contributed by atoms with Gasteiger partial charge in [-0.3, -0.25) is 4.79 Å². The predicted octanol–water partition coefficient (Wildman–Crippen LogP) is -0.531. The minimum atomic E-state index is -3.58. The van der Waals surface area contributed by atoms with Crippen molar-refractivity contribution in [2.75, 3.05) is 32.5 Å². The molecule has 0 saturated carbocycles. The number of sulfonamides is 1. The van der Waals surface area contributed by atoms with Gasteiger partial charge < -0.3 is 10.1 Å². The van der Waals surface area contributed by atoms with Gasteiger partial charge in [-0.15, -0.1) is 0 Å². The molecule has 0 aliphatic carbocycles. The third kappa shape index (κ3) is 5.01. The fraction of sp³-hybridized carbons (Fsp3) is 0.900. The van der Waals surface area contributed by atoms with Gasteiger partial charge in [-0.05, 0) is 24.8 Å². The van der Waals surface area contributed by atoms with E-state index in [0.717, 1.165) is 25.9 Å². The molecule has 7 heteroatoms. The second-order valence-corrected chi connectivity index (χ2v) is 6.55. The summed E-state index contributed by atoms with van der Waals surface area (Å²) in [7, 11) is -2.41. The van der Waals surface area contributed by atoms with Crippen LogP contribution in [0.4, 0.5) is 0 Å². The summed E-state index contributed by atoms with van der Waals surface area (Å²) in [5, 5.41) is 3.24. The van der Waals surface area contributed by atoms with Crippen molar-refractivity contribution in [1.29, 1.82) is 0 Å². The van der Waals surface area contributed by atoms with Crippen LogP contribution in [0.5, 0.6) is 0 Å². The number of esters is 1. The number of carbonyl (C=O) groups excluding carboxylic acids is 1. The molecule has 0 bridgehead atoms. The molecule has 1 fully saturated rings. The van der Waals surface area contributed by atoms with E-state index in [9.17, 15) is 13.2 Å². The number of rotatable bonds is 5. The number of ether oxygens (including phenoxy) is 1. The number of nitrogens with one attached hydrogen (secondary N) is 2. The third-order valence-electron chi connectivity index (χ3n) is 2.94. The average molecular weight is 264 g/mol. The zero-order chi connectivity index (χ0) is 12.9. The van der Waals surface area contributed by atoms with Crippen molar-refractivity contribution in [3.05, 3.63) is 0 Å². The Balaban J connectivity index is 2.46. The summed E-state index contributed by atoms with van der Waals surface area (Å²) in [5.74, 6) is -1.36. The zero-order valence-corrected chi connectivity index (χ0v) is 11.1. The van der Waals surface area contributed by atoms with E-state index in [-0.39, 0.29) is 5.41 Å². The summed E-state index contributed by atoms with van der Waals surface area (Å²) in [4.78, 5) is 10.9. The van der Waals surface area contributed by atoms with Gasteiger partial charge >= 0.3 is 5.97 Å². The molecule has 1 saturated heterocycles. The molecule has 0 aromatic carbocycles. The maximum Gasteiger partial charge on any atom is 0.322 e. The molecule has 1 atom stereocenters. The molecule has 1 aliphatic rings. The van der Waals surface area contributed by atoms with Crippen LogP contribution in [0.15, 0.2) is 0 Å². The van der Waals surface area contributed by atoms with Gasteiger partial charge in [0.2, 0.25) is 10.0 Å². The molecule has 1 aliphatic heterocycles. The Morgan fingerprint density at radius 2 is 2.24 bits per heavy atom. The molecule has 0 aromatic rings. The highest BCUT2D eigenvalue weighted by Gasteiger charge is 2.28. The minimum Gasteiger partial charge on any atom is -0.468 e. The molecular formula is C10H20N2O4S. The molecule has 0 spiro atoms. The number of hydrogen-bond donors (Lipinski definition) is 2. The normalized spacial score (nSPS) is 25.5. The highest BCUT2D eigenvalue weighted by atomic mass is 32.2. The van der Waals surface area contributed by atoms with E-state index in [2.05, 4.69) is 14.8 Å². The first-order valence-corrected chi connectivity index (χ1v) is 7.27. The number of hydrogen-bond acceptors (Lipinski definition) is 5. The van der Waals surface area contributed by atoms with Crippen molar-refractivity contribution in [3.8, 4) is 0 Å².